The lowest BCUT2D eigenvalue weighted by atomic mass is 9.71. The van der Waals surface area contributed by atoms with Gasteiger partial charge in [-0.2, -0.15) is 0 Å². The summed E-state index contributed by atoms with van der Waals surface area (Å²) < 4.78 is 5.34. The molecule has 3 saturated heterocycles. The lowest BCUT2D eigenvalue weighted by Crippen LogP contribution is -2.55. The fourth-order valence-electron chi connectivity index (χ4n) is 4.54. The van der Waals surface area contributed by atoms with Crippen molar-refractivity contribution < 1.29 is 14.3 Å². The molecule has 0 N–H and O–H groups in total. The number of carbonyl (C=O) groups excluding carboxylic acids is 2. The van der Waals surface area contributed by atoms with E-state index in [1.54, 1.807) is 0 Å². The van der Waals surface area contributed by atoms with Crippen LogP contribution in [0.1, 0.15) is 44.9 Å². The molecule has 0 radical (unpaired) electrons. The molecule has 3 heterocycles. The van der Waals surface area contributed by atoms with Crippen LogP contribution in [-0.2, 0) is 14.3 Å². The third-order valence-electron chi connectivity index (χ3n) is 6.31. The highest BCUT2D eigenvalue weighted by Crippen LogP contribution is 2.42. The van der Waals surface area contributed by atoms with E-state index < -0.39 is 0 Å². The average Bonchev–Trinajstić information content (AvgIpc) is 3.22. The Bertz CT molecular complexity index is 475. The van der Waals surface area contributed by atoms with Crippen LogP contribution in [0.25, 0.3) is 0 Å². The van der Waals surface area contributed by atoms with Gasteiger partial charge in [0, 0.05) is 32.8 Å². The van der Waals surface area contributed by atoms with E-state index in [0.717, 1.165) is 64.2 Å². The molecule has 1 atom stereocenters. The van der Waals surface area contributed by atoms with E-state index in [0.29, 0.717) is 19.1 Å². The van der Waals surface area contributed by atoms with Crippen molar-refractivity contribution in [1.82, 2.24) is 9.80 Å². The number of carbonyl (C=O) groups is 2. The first-order chi connectivity index (χ1) is 11.2. The molecule has 4 fully saturated rings. The summed E-state index contributed by atoms with van der Waals surface area (Å²) >= 11 is 0. The minimum Gasteiger partial charge on any atom is -0.381 e. The molecule has 23 heavy (non-hydrogen) atoms. The van der Waals surface area contributed by atoms with Crippen LogP contribution in [0.5, 0.6) is 0 Å². The lowest BCUT2D eigenvalue weighted by Gasteiger charge is -2.46. The van der Waals surface area contributed by atoms with Crippen LogP contribution in [0.2, 0.25) is 0 Å². The molecule has 5 nitrogen and oxygen atoms in total. The van der Waals surface area contributed by atoms with Gasteiger partial charge in [-0.1, -0.05) is 0 Å². The van der Waals surface area contributed by atoms with Crippen molar-refractivity contribution in [3.05, 3.63) is 0 Å². The number of hydrogen-bond donors (Lipinski definition) is 0. The smallest absolute Gasteiger partial charge is 0.228 e. The molecule has 128 valence electrons. The number of rotatable bonds is 3. The molecule has 0 unspecified atom stereocenters. The zero-order valence-electron chi connectivity index (χ0n) is 14.0. The second-order valence-electron chi connectivity index (χ2n) is 7.96. The first kappa shape index (κ1) is 15.4. The van der Waals surface area contributed by atoms with E-state index in [1.807, 2.05) is 4.90 Å². The van der Waals surface area contributed by atoms with E-state index in [9.17, 15) is 9.59 Å². The van der Waals surface area contributed by atoms with Crippen LogP contribution in [0, 0.1) is 17.3 Å². The second-order valence-corrected chi connectivity index (χ2v) is 7.96. The van der Waals surface area contributed by atoms with E-state index in [1.165, 1.54) is 12.8 Å². The molecule has 4 rings (SSSR count). The van der Waals surface area contributed by atoms with Gasteiger partial charge in [0.1, 0.15) is 0 Å². The fourth-order valence-corrected chi connectivity index (χ4v) is 4.54. The van der Waals surface area contributed by atoms with Crippen molar-refractivity contribution in [2.45, 2.75) is 44.9 Å². The number of amides is 2. The van der Waals surface area contributed by atoms with Crippen LogP contribution in [0.3, 0.4) is 0 Å². The van der Waals surface area contributed by atoms with Gasteiger partial charge in [0.2, 0.25) is 11.8 Å². The summed E-state index contributed by atoms with van der Waals surface area (Å²) in [7, 11) is 0. The van der Waals surface area contributed by atoms with Gasteiger partial charge in [-0.15, -0.1) is 0 Å². The number of ether oxygens (including phenoxy) is 1. The third-order valence-corrected chi connectivity index (χ3v) is 6.31. The molecule has 0 aromatic heterocycles. The SMILES string of the molecule is O=C([C@H]1CCOC1)N1CCC2(CCCN(CC3CC3)C2=O)CC1. The highest BCUT2D eigenvalue weighted by molar-refractivity contribution is 5.84. The normalized spacial score (nSPS) is 31.0. The second kappa shape index (κ2) is 6.08. The largest absolute Gasteiger partial charge is 0.381 e. The standard InChI is InChI=1S/C18H28N2O3/c21-16(15-4-11-23-13-15)19-9-6-18(7-10-19)5-1-8-20(17(18)22)12-14-2-3-14/h14-15H,1-13H2/t15-/m0/s1. The quantitative estimate of drug-likeness (QED) is 0.795. The van der Waals surface area contributed by atoms with Gasteiger partial charge in [0.15, 0.2) is 0 Å². The minimum absolute atomic E-state index is 0.0532. The van der Waals surface area contributed by atoms with Gasteiger partial charge >= 0.3 is 0 Å². The predicted molar refractivity (Wildman–Crippen MR) is 85.7 cm³/mol. The maximum Gasteiger partial charge on any atom is 0.228 e. The van der Waals surface area contributed by atoms with Crippen molar-refractivity contribution in [3.63, 3.8) is 0 Å². The first-order valence-electron chi connectivity index (χ1n) is 9.34. The Hall–Kier alpha value is -1.10. The summed E-state index contributed by atoms with van der Waals surface area (Å²) in [5.41, 5.74) is -0.171. The van der Waals surface area contributed by atoms with Crippen LogP contribution < -0.4 is 0 Å². The van der Waals surface area contributed by atoms with Crippen LogP contribution in [-0.4, -0.2) is 61.0 Å². The summed E-state index contributed by atoms with van der Waals surface area (Å²) in [6, 6.07) is 0. The van der Waals surface area contributed by atoms with Crippen molar-refractivity contribution in [2.24, 2.45) is 17.3 Å². The van der Waals surface area contributed by atoms with Crippen molar-refractivity contribution in [3.8, 4) is 0 Å². The van der Waals surface area contributed by atoms with E-state index in [-0.39, 0.29) is 17.2 Å². The summed E-state index contributed by atoms with van der Waals surface area (Å²) in [6.07, 6.45) is 7.29. The summed E-state index contributed by atoms with van der Waals surface area (Å²) in [5.74, 6) is 1.44. The third kappa shape index (κ3) is 3.00. The molecular formula is C18H28N2O3. The minimum atomic E-state index is -0.171. The van der Waals surface area contributed by atoms with Crippen LogP contribution in [0.4, 0.5) is 0 Å². The molecule has 5 heteroatoms. The van der Waals surface area contributed by atoms with Gasteiger partial charge in [0.05, 0.1) is 17.9 Å². The maximum atomic E-state index is 13.0. The topological polar surface area (TPSA) is 49.9 Å². The Balaban J connectivity index is 1.37. The highest BCUT2D eigenvalue weighted by atomic mass is 16.5. The highest BCUT2D eigenvalue weighted by Gasteiger charge is 2.47. The Kier molecular flexibility index (Phi) is 4.08. The molecule has 0 aromatic carbocycles. The number of hydrogen-bond acceptors (Lipinski definition) is 3. The van der Waals surface area contributed by atoms with Crippen molar-refractivity contribution in [2.75, 3.05) is 39.4 Å². The van der Waals surface area contributed by atoms with Crippen molar-refractivity contribution in [1.29, 1.82) is 0 Å². The van der Waals surface area contributed by atoms with Crippen LogP contribution in [0.15, 0.2) is 0 Å². The van der Waals surface area contributed by atoms with Gasteiger partial charge < -0.3 is 14.5 Å². The summed E-state index contributed by atoms with van der Waals surface area (Å²) in [5, 5.41) is 0. The number of nitrogens with zero attached hydrogens (tertiary/aromatic N) is 2. The molecule has 1 spiro atoms. The fraction of sp³-hybridized carbons (Fsp3) is 0.889. The van der Waals surface area contributed by atoms with E-state index in [2.05, 4.69) is 4.90 Å². The molecule has 4 aliphatic rings. The average molecular weight is 320 g/mol. The maximum absolute atomic E-state index is 13.0. The Labute approximate surface area is 138 Å². The summed E-state index contributed by atoms with van der Waals surface area (Å²) in [6.45, 7) is 4.70. The van der Waals surface area contributed by atoms with Gasteiger partial charge in [-0.05, 0) is 50.9 Å². The monoisotopic (exact) mass is 320 g/mol. The zero-order chi connectivity index (χ0) is 15.9. The first-order valence-corrected chi connectivity index (χ1v) is 9.34. The number of likely N-dealkylation sites (tertiary alicyclic amines) is 2. The molecule has 0 bridgehead atoms. The summed E-state index contributed by atoms with van der Waals surface area (Å²) in [4.78, 5) is 29.6. The Morgan fingerprint density at radius 1 is 1.13 bits per heavy atom. The molecule has 0 aromatic rings. The van der Waals surface area contributed by atoms with Crippen LogP contribution >= 0.6 is 0 Å². The molecule has 3 aliphatic heterocycles. The zero-order valence-corrected chi connectivity index (χ0v) is 14.0. The van der Waals surface area contributed by atoms with E-state index >= 15 is 0 Å². The molecule has 1 aliphatic carbocycles. The van der Waals surface area contributed by atoms with Gasteiger partial charge in [-0.25, -0.2) is 0 Å². The molecule has 1 saturated carbocycles. The van der Waals surface area contributed by atoms with Gasteiger partial charge in [0.25, 0.3) is 0 Å². The molecule has 2 amide bonds. The molecular weight excluding hydrogens is 292 g/mol. The Morgan fingerprint density at radius 3 is 2.57 bits per heavy atom. The van der Waals surface area contributed by atoms with E-state index in [4.69, 9.17) is 4.74 Å². The van der Waals surface area contributed by atoms with Gasteiger partial charge in [-0.3, -0.25) is 9.59 Å². The Morgan fingerprint density at radius 2 is 1.91 bits per heavy atom. The van der Waals surface area contributed by atoms with Crippen molar-refractivity contribution >= 4 is 11.8 Å². The lowest BCUT2D eigenvalue weighted by molar-refractivity contribution is -0.153. The number of piperidine rings is 2. The predicted octanol–water partition coefficient (Wildman–Crippen LogP) is 1.66.